The zero-order valence-electron chi connectivity index (χ0n) is 56.5. The van der Waals surface area contributed by atoms with Gasteiger partial charge in [-0.25, -0.2) is 0 Å². The molecule has 85 heavy (non-hydrogen) atoms. The molecule has 0 rings (SSSR count). The first-order chi connectivity index (χ1) is 41.5. The number of carbonyl (C=O) groups is 1. The lowest BCUT2D eigenvalue weighted by Crippen LogP contribution is -2.45. The van der Waals surface area contributed by atoms with Crippen molar-refractivity contribution in [3.05, 3.63) is 97.2 Å². The van der Waals surface area contributed by atoms with E-state index in [0.29, 0.717) is 17.4 Å². The topological polar surface area (TPSA) is 108 Å². The van der Waals surface area contributed by atoms with Gasteiger partial charge in [0.25, 0.3) is 7.82 Å². The predicted molar refractivity (Wildman–Crippen MR) is 371 cm³/mol. The van der Waals surface area contributed by atoms with Gasteiger partial charge in [0.15, 0.2) is 0 Å². The number of likely N-dealkylation sites (N-methyl/N-ethyl adjacent to an activating group) is 1. The highest BCUT2D eigenvalue weighted by Crippen LogP contribution is 2.38. The molecule has 2 N–H and O–H groups in total. The number of carbonyl (C=O) groups excluding carboxylic acids is 1. The average molecular weight is 1210 g/mol. The molecule has 3 unspecified atom stereocenters. The molecule has 1 amide bonds. The molecule has 0 aliphatic rings. The van der Waals surface area contributed by atoms with Crippen molar-refractivity contribution in [2.45, 2.75) is 341 Å². The number of amides is 1. The van der Waals surface area contributed by atoms with E-state index in [1.54, 1.807) is 6.08 Å². The molecule has 494 valence electrons. The van der Waals surface area contributed by atoms with E-state index < -0.39 is 26.6 Å². The van der Waals surface area contributed by atoms with Crippen LogP contribution < -0.4 is 10.2 Å². The van der Waals surface area contributed by atoms with Crippen molar-refractivity contribution in [2.24, 2.45) is 0 Å². The largest absolute Gasteiger partial charge is 0.756 e. The Morgan fingerprint density at radius 3 is 1.09 bits per heavy atom. The highest BCUT2D eigenvalue weighted by atomic mass is 31.2. The molecule has 0 aromatic heterocycles. The first-order valence-corrected chi connectivity index (χ1v) is 37.6. The van der Waals surface area contributed by atoms with Crippen molar-refractivity contribution >= 4 is 13.7 Å². The molecule has 9 heteroatoms. The number of rotatable bonds is 66. The molecular formula is C76H139N2O6P. The van der Waals surface area contributed by atoms with Gasteiger partial charge in [0, 0.05) is 6.42 Å². The Labute approximate surface area is 528 Å². The van der Waals surface area contributed by atoms with E-state index in [9.17, 15) is 19.4 Å². The van der Waals surface area contributed by atoms with E-state index in [-0.39, 0.29) is 12.5 Å². The van der Waals surface area contributed by atoms with E-state index >= 15 is 0 Å². The molecule has 0 fully saturated rings. The van der Waals surface area contributed by atoms with Gasteiger partial charge in [0.2, 0.25) is 5.91 Å². The van der Waals surface area contributed by atoms with E-state index in [1.807, 2.05) is 27.2 Å². The molecular weight excluding hydrogens is 1070 g/mol. The molecule has 0 bridgehead atoms. The van der Waals surface area contributed by atoms with Gasteiger partial charge in [0.05, 0.1) is 39.9 Å². The van der Waals surface area contributed by atoms with Crippen molar-refractivity contribution in [3.63, 3.8) is 0 Å². The number of aliphatic hydroxyl groups is 1. The molecule has 0 aliphatic heterocycles. The summed E-state index contributed by atoms with van der Waals surface area (Å²) in [6, 6.07) is -0.910. The molecule has 0 spiro atoms. The van der Waals surface area contributed by atoms with Crippen LogP contribution in [0.15, 0.2) is 97.2 Å². The Balaban J connectivity index is 4.08. The van der Waals surface area contributed by atoms with E-state index in [1.165, 1.54) is 231 Å². The minimum Gasteiger partial charge on any atom is -0.756 e. The smallest absolute Gasteiger partial charge is 0.268 e. The number of allylic oxidation sites excluding steroid dienone is 15. The molecule has 3 atom stereocenters. The van der Waals surface area contributed by atoms with Gasteiger partial charge in [-0.15, -0.1) is 0 Å². The standard InChI is InChI=1S/C76H139N2O6P/c1-6-8-10-12-14-16-18-20-22-24-26-28-30-32-34-36-37-38-39-40-41-42-44-46-48-50-52-54-56-58-60-62-64-66-68-70-76(80)77-74(73-84-85(81,82)83-72-71-78(3,4)5)75(79)69-67-65-63-61-59-57-55-53-51-49-47-45-43-35-33-31-29-27-25-23-21-19-17-15-13-11-9-7-2/h8,10,14,16,20,22,26,28,32,34,37-38,59,61,67,69,74-75,79H,6-7,9,11-13,15,17-19,21,23-25,27,29-31,33,35-36,39-58,60,62-66,68,70-73H2,1-5H3,(H-,77,80,81,82)/b10-8-,16-14-,22-20-,28-26-,34-32-,38-37-,61-59+,69-67+. The summed E-state index contributed by atoms with van der Waals surface area (Å²) in [6.07, 6.45) is 95.4. The van der Waals surface area contributed by atoms with Crippen LogP contribution in [0.25, 0.3) is 0 Å². The zero-order chi connectivity index (χ0) is 61.9. The van der Waals surface area contributed by atoms with Gasteiger partial charge >= 0.3 is 0 Å². The van der Waals surface area contributed by atoms with Crippen LogP contribution in [0.3, 0.4) is 0 Å². The van der Waals surface area contributed by atoms with Gasteiger partial charge < -0.3 is 28.8 Å². The molecule has 0 heterocycles. The van der Waals surface area contributed by atoms with Crippen LogP contribution in [0.4, 0.5) is 0 Å². The van der Waals surface area contributed by atoms with Crippen LogP contribution in [0, 0.1) is 0 Å². The van der Waals surface area contributed by atoms with E-state index in [4.69, 9.17) is 9.05 Å². The summed E-state index contributed by atoms with van der Waals surface area (Å²) < 4.78 is 23.5. The summed E-state index contributed by atoms with van der Waals surface area (Å²) in [6.45, 7) is 4.55. The minimum absolute atomic E-state index is 0.00855. The number of phosphoric ester groups is 1. The second-order valence-corrected chi connectivity index (χ2v) is 27.0. The highest BCUT2D eigenvalue weighted by molar-refractivity contribution is 7.45. The van der Waals surface area contributed by atoms with Gasteiger partial charge in [0.1, 0.15) is 13.2 Å². The molecule has 8 nitrogen and oxygen atoms in total. The van der Waals surface area contributed by atoms with Gasteiger partial charge in [-0.3, -0.25) is 9.36 Å². The normalized spacial score (nSPS) is 14.2. The molecule has 0 saturated carbocycles. The zero-order valence-corrected chi connectivity index (χ0v) is 57.4. The molecule has 0 aromatic rings. The van der Waals surface area contributed by atoms with Gasteiger partial charge in [-0.1, -0.05) is 336 Å². The van der Waals surface area contributed by atoms with Crippen LogP contribution in [0.2, 0.25) is 0 Å². The first kappa shape index (κ1) is 82.4. The third-order valence-corrected chi connectivity index (χ3v) is 17.0. The summed E-state index contributed by atoms with van der Waals surface area (Å²) in [4.78, 5) is 25.6. The van der Waals surface area contributed by atoms with Crippen molar-refractivity contribution < 1.29 is 32.9 Å². The number of unbranched alkanes of at least 4 members (excludes halogenated alkanes) is 39. The van der Waals surface area contributed by atoms with Gasteiger partial charge in [-0.05, 0) is 83.5 Å². The molecule has 0 saturated heterocycles. The van der Waals surface area contributed by atoms with E-state index in [0.717, 1.165) is 77.0 Å². The third kappa shape index (κ3) is 68.8. The monoisotopic (exact) mass is 1210 g/mol. The van der Waals surface area contributed by atoms with Crippen molar-refractivity contribution in [1.82, 2.24) is 5.32 Å². The number of hydrogen-bond donors (Lipinski definition) is 2. The van der Waals surface area contributed by atoms with Crippen LogP contribution in [-0.4, -0.2) is 68.5 Å². The number of aliphatic hydroxyl groups excluding tert-OH is 1. The van der Waals surface area contributed by atoms with Crippen LogP contribution in [-0.2, 0) is 18.4 Å². The van der Waals surface area contributed by atoms with Crippen molar-refractivity contribution in [3.8, 4) is 0 Å². The Bertz CT molecular complexity index is 1710. The number of phosphoric acid groups is 1. The van der Waals surface area contributed by atoms with Crippen molar-refractivity contribution in [1.29, 1.82) is 0 Å². The predicted octanol–water partition coefficient (Wildman–Crippen LogP) is 22.6. The summed E-state index contributed by atoms with van der Waals surface area (Å²) in [7, 11) is 1.25. The average Bonchev–Trinajstić information content (AvgIpc) is 3.48. The summed E-state index contributed by atoms with van der Waals surface area (Å²) >= 11 is 0. The fourth-order valence-corrected chi connectivity index (χ4v) is 11.2. The molecule has 0 aliphatic carbocycles. The summed E-state index contributed by atoms with van der Waals surface area (Å²) in [5, 5.41) is 14.0. The lowest BCUT2D eigenvalue weighted by atomic mass is 10.0. The maximum atomic E-state index is 13.0. The highest BCUT2D eigenvalue weighted by Gasteiger charge is 2.23. The van der Waals surface area contributed by atoms with Crippen LogP contribution >= 0.6 is 7.82 Å². The van der Waals surface area contributed by atoms with Gasteiger partial charge in [-0.2, -0.15) is 0 Å². The fourth-order valence-electron chi connectivity index (χ4n) is 10.5. The number of nitrogens with one attached hydrogen (secondary N) is 1. The quantitative estimate of drug-likeness (QED) is 0.0272. The minimum atomic E-state index is -4.62. The first-order valence-electron chi connectivity index (χ1n) is 36.1. The Morgan fingerprint density at radius 1 is 0.424 bits per heavy atom. The lowest BCUT2D eigenvalue weighted by molar-refractivity contribution is -0.870. The summed E-state index contributed by atoms with van der Waals surface area (Å²) in [5.41, 5.74) is 0. The molecule has 0 aromatic carbocycles. The second-order valence-electron chi connectivity index (χ2n) is 25.6. The Morgan fingerprint density at radius 2 is 0.729 bits per heavy atom. The Hall–Kier alpha value is -2.58. The van der Waals surface area contributed by atoms with Crippen LogP contribution in [0.5, 0.6) is 0 Å². The Kier molecular flexibility index (Phi) is 63.9. The third-order valence-electron chi connectivity index (χ3n) is 16.0. The number of quaternary nitrogens is 1. The maximum Gasteiger partial charge on any atom is 0.268 e. The molecule has 0 radical (unpaired) electrons. The summed E-state index contributed by atoms with van der Waals surface area (Å²) in [5.74, 6) is -0.206. The maximum absolute atomic E-state index is 13.0. The SMILES string of the molecule is CC/C=C\C/C=C\C/C=C\C/C=C\C/C=C\C/C=C\CCCCCCCCCCCCCCCCCCC(=O)NC(COP(=O)([O-])OCC[N+](C)(C)C)C(O)/C=C/CC/C=C/CCCCCCCCCCCCCCCCCCCCCCCC. The second kappa shape index (κ2) is 65.9. The number of hydrogen-bond acceptors (Lipinski definition) is 6. The lowest BCUT2D eigenvalue weighted by Gasteiger charge is -2.29. The fraction of sp³-hybridized carbons (Fsp3) is 0.776. The number of nitrogens with zero attached hydrogens (tertiary/aromatic N) is 1. The van der Waals surface area contributed by atoms with E-state index in [2.05, 4.69) is 104 Å². The van der Waals surface area contributed by atoms with Crippen molar-refractivity contribution in [2.75, 3.05) is 40.9 Å². The van der Waals surface area contributed by atoms with Crippen LogP contribution in [0.1, 0.15) is 328 Å².